The van der Waals surface area contributed by atoms with Crippen molar-refractivity contribution in [3.05, 3.63) is 0 Å². The number of alkyl halides is 2. The van der Waals surface area contributed by atoms with Crippen LogP contribution in [-0.2, 0) is 0 Å². The van der Waals surface area contributed by atoms with E-state index in [0.29, 0.717) is 5.92 Å². The van der Waals surface area contributed by atoms with Crippen molar-refractivity contribution < 1.29 is 8.78 Å². The fraction of sp³-hybridized carbons (Fsp3) is 1.00. The van der Waals surface area contributed by atoms with Crippen LogP contribution < -0.4 is 0 Å². The van der Waals surface area contributed by atoms with Crippen LogP contribution in [0.5, 0.6) is 0 Å². The minimum atomic E-state index is -2.30. The summed E-state index contributed by atoms with van der Waals surface area (Å²) in [6.45, 7) is 5.96. The topological polar surface area (TPSA) is 0 Å². The smallest absolute Gasteiger partial charge is 0.207 e. The molecule has 0 aliphatic heterocycles. The second-order valence-corrected chi connectivity index (χ2v) is 2.54. The zero-order valence-electron chi connectivity index (χ0n) is 6.95. The Morgan fingerprint density at radius 3 is 1.80 bits per heavy atom. The predicted molar refractivity (Wildman–Crippen MR) is 39.3 cm³/mol. The predicted octanol–water partition coefficient (Wildman–Crippen LogP) is 3.47. The maximum atomic E-state index is 12.0. The average Bonchev–Trinajstić information content (AvgIpc) is 1.87. The molecular weight excluding hydrogens is 134 g/mol. The van der Waals surface area contributed by atoms with Crippen molar-refractivity contribution in [2.75, 3.05) is 0 Å². The third-order valence-corrected chi connectivity index (χ3v) is 1.75. The number of rotatable bonds is 1. The highest BCUT2D eigenvalue weighted by atomic mass is 19.3. The molecule has 1 aliphatic carbocycles. The van der Waals surface area contributed by atoms with E-state index in [1.54, 1.807) is 0 Å². The second kappa shape index (κ2) is 3.89. The van der Waals surface area contributed by atoms with E-state index in [1.807, 2.05) is 20.8 Å². The van der Waals surface area contributed by atoms with Gasteiger partial charge >= 0.3 is 0 Å². The van der Waals surface area contributed by atoms with E-state index < -0.39 is 5.92 Å². The van der Waals surface area contributed by atoms with Gasteiger partial charge in [0.2, 0.25) is 5.92 Å². The molecule has 0 nitrogen and oxygen atoms in total. The summed E-state index contributed by atoms with van der Waals surface area (Å²) < 4.78 is 24.0. The summed E-state index contributed by atoms with van der Waals surface area (Å²) in [6.07, 6.45) is 1.17. The van der Waals surface area contributed by atoms with E-state index in [1.165, 1.54) is 0 Å². The summed E-state index contributed by atoms with van der Waals surface area (Å²) in [5.74, 6) is -1.99. The van der Waals surface area contributed by atoms with E-state index in [9.17, 15) is 8.78 Å². The highest BCUT2D eigenvalue weighted by Gasteiger charge is 2.43. The van der Waals surface area contributed by atoms with Gasteiger partial charge in [0.15, 0.2) is 0 Å². The Balaban J connectivity index is 0.000000371. The van der Waals surface area contributed by atoms with Gasteiger partial charge in [-0.2, -0.15) is 0 Å². The molecule has 0 unspecified atom stereocenters. The van der Waals surface area contributed by atoms with Gasteiger partial charge in [-0.3, -0.25) is 0 Å². The molecule has 62 valence electrons. The number of hydrogen-bond donors (Lipinski definition) is 0. The molecule has 0 atom stereocenters. The Morgan fingerprint density at radius 1 is 1.30 bits per heavy atom. The fourth-order valence-electron chi connectivity index (χ4n) is 1.07. The van der Waals surface area contributed by atoms with Crippen molar-refractivity contribution in [3.63, 3.8) is 0 Å². The monoisotopic (exact) mass is 150 g/mol. The molecule has 0 spiro atoms. The zero-order valence-corrected chi connectivity index (χ0v) is 6.95. The largest absolute Gasteiger partial charge is 0.248 e. The summed E-state index contributed by atoms with van der Waals surface area (Å²) in [5, 5.41) is 0. The molecular formula is C8H16F2. The molecule has 0 N–H and O–H groups in total. The van der Waals surface area contributed by atoms with Crippen LogP contribution in [-0.4, -0.2) is 5.92 Å². The normalized spacial score (nSPS) is 22.5. The van der Waals surface area contributed by atoms with Crippen LogP contribution in [0.3, 0.4) is 0 Å². The van der Waals surface area contributed by atoms with Gasteiger partial charge in [-0.05, 0) is 5.92 Å². The molecule has 1 aliphatic rings. The van der Waals surface area contributed by atoms with E-state index in [4.69, 9.17) is 0 Å². The molecule has 1 rings (SSSR count). The highest BCUT2D eigenvalue weighted by Crippen LogP contribution is 2.43. The van der Waals surface area contributed by atoms with Gasteiger partial charge in [0.1, 0.15) is 0 Å². The second-order valence-electron chi connectivity index (χ2n) is 2.54. The van der Waals surface area contributed by atoms with Crippen LogP contribution in [0.4, 0.5) is 8.78 Å². The lowest BCUT2D eigenvalue weighted by atomic mass is 9.80. The summed E-state index contributed by atoms with van der Waals surface area (Å²) in [6, 6.07) is 0. The molecule has 0 aromatic heterocycles. The first-order chi connectivity index (χ1) is 4.64. The van der Waals surface area contributed by atoms with Crippen LogP contribution in [0.25, 0.3) is 0 Å². The van der Waals surface area contributed by atoms with Gasteiger partial charge < -0.3 is 0 Å². The van der Waals surface area contributed by atoms with Gasteiger partial charge in [0.25, 0.3) is 0 Å². The van der Waals surface area contributed by atoms with Crippen LogP contribution in [0.15, 0.2) is 0 Å². The Morgan fingerprint density at radius 2 is 1.70 bits per heavy atom. The molecule has 0 heterocycles. The third kappa shape index (κ3) is 2.63. The molecule has 0 bridgehead atoms. The Hall–Kier alpha value is -0.140. The Kier molecular flexibility index (Phi) is 3.84. The van der Waals surface area contributed by atoms with Crippen LogP contribution in [0, 0.1) is 5.92 Å². The first kappa shape index (κ1) is 9.86. The summed E-state index contributed by atoms with van der Waals surface area (Å²) in [4.78, 5) is 0. The minimum absolute atomic E-state index is 0.128. The summed E-state index contributed by atoms with van der Waals surface area (Å²) in [5.41, 5.74) is 0. The van der Waals surface area contributed by atoms with Crippen molar-refractivity contribution >= 4 is 0 Å². The van der Waals surface area contributed by atoms with Gasteiger partial charge in [-0.1, -0.05) is 27.2 Å². The molecule has 10 heavy (non-hydrogen) atoms. The van der Waals surface area contributed by atoms with E-state index >= 15 is 0 Å². The Bertz CT molecular complexity index is 81.3. The maximum absolute atomic E-state index is 12.0. The minimum Gasteiger partial charge on any atom is -0.207 e. The highest BCUT2D eigenvalue weighted by molar-refractivity contribution is 4.84. The molecule has 0 radical (unpaired) electrons. The lowest BCUT2D eigenvalue weighted by Gasteiger charge is -2.33. The molecule has 0 aromatic rings. The van der Waals surface area contributed by atoms with E-state index in [2.05, 4.69) is 0 Å². The molecule has 0 aromatic carbocycles. The first-order valence-corrected chi connectivity index (χ1v) is 4.02. The van der Waals surface area contributed by atoms with E-state index in [0.717, 1.165) is 6.42 Å². The van der Waals surface area contributed by atoms with E-state index in [-0.39, 0.29) is 12.8 Å². The molecule has 0 saturated heterocycles. The average molecular weight is 150 g/mol. The fourth-order valence-corrected chi connectivity index (χ4v) is 1.07. The van der Waals surface area contributed by atoms with Gasteiger partial charge in [0.05, 0.1) is 0 Å². The quantitative estimate of drug-likeness (QED) is 0.537. The molecule has 1 fully saturated rings. The number of halogens is 2. The van der Waals surface area contributed by atoms with Crippen molar-refractivity contribution in [2.24, 2.45) is 5.92 Å². The standard InChI is InChI=1S/C6H10F2.C2H6/c1-2-5-3-6(7,8)4-5;1-2/h5H,2-4H2,1H3;1-2H3. The van der Waals surface area contributed by atoms with Crippen molar-refractivity contribution in [2.45, 2.75) is 46.0 Å². The Labute approximate surface area is 61.6 Å². The van der Waals surface area contributed by atoms with Crippen LogP contribution in [0.1, 0.15) is 40.0 Å². The SMILES string of the molecule is CC.CCC1CC(F)(F)C1. The zero-order chi connectivity index (χ0) is 8.20. The maximum Gasteiger partial charge on any atom is 0.248 e. The van der Waals surface area contributed by atoms with Gasteiger partial charge in [-0.25, -0.2) is 8.78 Å². The molecule has 0 amide bonds. The van der Waals surface area contributed by atoms with Crippen molar-refractivity contribution in [3.8, 4) is 0 Å². The summed E-state index contributed by atoms with van der Waals surface area (Å²) >= 11 is 0. The lowest BCUT2D eigenvalue weighted by Crippen LogP contribution is -2.34. The summed E-state index contributed by atoms with van der Waals surface area (Å²) in [7, 11) is 0. The van der Waals surface area contributed by atoms with Crippen molar-refractivity contribution in [1.82, 2.24) is 0 Å². The van der Waals surface area contributed by atoms with Crippen molar-refractivity contribution in [1.29, 1.82) is 0 Å². The first-order valence-electron chi connectivity index (χ1n) is 4.02. The molecule has 1 saturated carbocycles. The van der Waals surface area contributed by atoms with Gasteiger partial charge in [0, 0.05) is 12.8 Å². The van der Waals surface area contributed by atoms with Crippen LogP contribution in [0.2, 0.25) is 0 Å². The number of hydrogen-bond acceptors (Lipinski definition) is 0. The third-order valence-electron chi connectivity index (χ3n) is 1.75. The molecule has 2 heteroatoms. The van der Waals surface area contributed by atoms with Gasteiger partial charge in [-0.15, -0.1) is 0 Å². The lowest BCUT2D eigenvalue weighted by molar-refractivity contribution is -0.110. The van der Waals surface area contributed by atoms with Crippen LogP contribution >= 0.6 is 0 Å².